The highest BCUT2D eigenvalue weighted by Gasteiger charge is 2.14. The first-order valence-corrected chi connectivity index (χ1v) is 4.29. The Labute approximate surface area is 75.9 Å². The largest absolute Gasteiger partial charge is 0.378 e. The Balaban J connectivity index is 2.10. The van der Waals surface area contributed by atoms with Gasteiger partial charge < -0.3 is 10.1 Å². The number of ether oxygens (including phenoxy) is 1. The van der Waals surface area contributed by atoms with Crippen molar-refractivity contribution in [1.82, 2.24) is 10.3 Å². The molecule has 1 atom stereocenters. The van der Waals surface area contributed by atoms with Crippen LogP contribution in [-0.4, -0.2) is 24.7 Å². The van der Waals surface area contributed by atoms with Crippen LogP contribution >= 0.6 is 0 Å². The number of hydrogen-bond acceptors (Lipinski definition) is 3. The van der Waals surface area contributed by atoms with Gasteiger partial charge in [-0.05, 0) is 11.6 Å². The molecule has 0 bridgehead atoms. The van der Waals surface area contributed by atoms with Crippen LogP contribution < -0.4 is 5.32 Å². The number of aromatic nitrogens is 1. The molecule has 4 heteroatoms. The van der Waals surface area contributed by atoms with E-state index in [1.807, 2.05) is 0 Å². The molecule has 1 aromatic rings. The lowest BCUT2D eigenvalue weighted by atomic mass is 10.1. The van der Waals surface area contributed by atoms with Crippen molar-refractivity contribution in [2.75, 3.05) is 19.8 Å². The van der Waals surface area contributed by atoms with Crippen LogP contribution in [0.5, 0.6) is 0 Å². The molecule has 13 heavy (non-hydrogen) atoms. The van der Waals surface area contributed by atoms with Crippen LogP contribution in [0.15, 0.2) is 18.3 Å². The minimum atomic E-state index is -0.444. The SMILES string of the molecule is Fc1ccc([C@H]2COCCN2)cn1. The molecular formula is C9H11FN2O. The van der Waals surface area contributed by atoms with Crippen molar-refractivity contribution in [2.45, 2.75) is 6.04 Å². The lowest BCUT2D eigenvalue weighted by Gasteiger charge is -2.23. The molecule has 1 fully saturated rings. The lowest BCUT2D eigenvalue weighted by molar-refractivity contribution is 0.0767. The maximum Gasteiger partial charge on any atom is 0.212 e. The predicted molar refractivity (Wildman–Crippen MR) is 45.8 cm³/mol. The highest BCUT2D eigenvalue weighted by Crippen LogP contribution is 2.14. The molecule has 0 spiro atoms. The van der Waals surface area contributed by atoms with Crippen LogP contribution in [0.2, 0.25) is 0 Å². The fraction of sp³-hybridized carbons (Fsp3) is 0.444. The first-order chi connectivity index (χ1) is 6.36. The summed E-state index contributed by atoms with van der Waals surface area (Å²) in [4.78, 5) is 3.59. The Morgan fingerprint density at radius 3 is 3.08 bits per heavy atom. The Morgan fingerprint density at radius 2 is 2.46 bits per heavy atom. The smallest absolute Gasteiger partial charge is 0.212 e. The Hall–Kier alpha value is -1.00. The third-order valence-electron chi connectivity index (χ3n) is 2.07. The van der Waals surface area contributed by atoms with E-state index < -0.39 is 5.95 Å². The minimum absolute atomic E-state index is 0.154. The lowest BCUT2D eigenvalue weighted by Crippen LogP contribution is -2.34. The monoisotopic (exact) mass is 182 g/mol. The number of pyridine rings is 1. The van der Waals surface area contributed by atoms with Crippen molar-refractivity contribution in [3.63, 3.8) is 0 Å². The summed E-state index contributed by atoms with van der Waals surface area (Å²) in [5, 5.41) is 3.27. The van der Waals surface area contributed by atoms with Gasteiger partial charge in [0.1, 0.15) is 0 Å². The number of nitrogens with zero attached hydrogens (tertiary/aromatic N) is 1. The highest BCUT2D eigenvalue weighted by atomic mass is 19.1. The number of rotatable bonds is 1. The van der Waals surface area contributed by atoms with Gasteiger partial charge in [0.25, 0.3) is 0 Å². The van der Waals surface area contributed by atoms with Gasteiger partial charge in [0.2, 0.25) is 5.95 Å². The van der Waals surface area contributed by atoms with E-state index in [9.17, 15) is 4.39 Å². The highest BCUT2D eigenvalue weighted by molar-refractivity contribution is 5.14. The molecule has 0 radical (unpaired) electrons. The van der Waals surface area contributed by atoms with Gasteiger partial charge in [-0.15, -0.1) is 0 Å². The Kier molecular flexibility index (Phi) is 2.52. The van der Waals surface area contributed by atoms with E-state index in [1.54, 1.807) is 12.3 Å². The second-order valence-corrected chi connectivity index (χ2v) is 3.00. The van der Waals surface area contributed by atoms with Crippen LogP contribution in [0.1, 0.15) is 11.6 Å². The normalized spacial score (nSPS) is 23.0. The van der Waals surface area contributed by atoms with Gasteiger partial charge in [-0.3, -0.25) is 0 Å². The summed E-state index contributed by atoms with van der Waals surface area (Å²) < 4.78 is 17.8. The maximum absolute atomic E-state index is 12.5. The molecule has 1 aliphatic heterocycles. The fourth-order valence-corrected chi connectivity index (χ4v) is 1.37. The summed E-state index contributed by atoms with van der Waals surface area (Å²) in [5.41, 5.74) is 0.973. The van der Waals surface area contributed by atoms with Crippen LogP contribution in [0.4, 0.5) is 4.39 Å². The van der Waals surface area contributed by atoms with Crippen molar-refractivity contribution in [3.05, 3.63) is 29.8 Å². The van der Waals surface area contributed by atoms with Gasteiger partial charge in [-0.1, -0.05) is 6.07 Å². The van der Waals surface area contributed by atoms with Crippen LogP contribution in [0, 0.1) is 5.95 Å². The Morgan fingerprint density at radius 1 is 1.54 bits per heavy atom. The summed E-state index contributed by atoms with van der Waals surface area (Å²) in [7, 11) is 0. The number of halogens is 1. The summed E-state index contributed by atoms with van der Waals surface area (Å²) in [6.45, 7) is 2.21. The van der Waals surface area contributed by atoms with E-state index in [-0.39, 0.29) is 6.04 Å². The summed E-state index contributed by atoms with van der Waals surface area (Å²) >= 11 is 0. The third-order valence-corrected chi connectivity index (χ3v) is 2.07. The number of nitrogens with one attached hydrogen (secondary N) is 1. The van der Waals surface area contributed by atoms with Crippen molar-refractivity contribution < 1.29 is 9.13 Å². The molecule has 0 aromatic carbocycles. The Bertz CT molecular complexity index is 269. The number of hydrogen-bond donors (Lipinski definition) is 1. The van der Waals surface area contributed by atoms with Gasteiger partial charge in [0.15, 0.2) is 0 Å². The molecular weight excluding hydrogens is 171 g/mol. The molecule has 0 unspecified atom stereocenters. The number of morpholine rings is 1. The van der Waals surface area contributed by atoms with E-state index in [2.05, 4.69) is 10.3 Å². The molecule has 1 aromatic heterocycles. The molecule has 1 N–H and O–H groups in total. The average molecular weight is 182 g/mol. The maximum atomic E-state index is 12.5. The van der Waals surface area contributed by atoms with Crippen LogP contribution in [0.25, 0.3) is 0 Å². The molecule has 1 saturated heterocycles. The van der Waals surface area contributed by atoms with Gasteiger partial charge in [0, 0.05) is 12.7 Å². The molecule has 0 saturated carbocycles. The van der Waals surface area contributed by atoms with E-state index in [0.717, 1.165) is 18.7 Å². The molecule has 3 nitrogen and oxygen atoms in total. The topological polar surface area (TPSA) is 34.1 Å². The first-order valence-electron chi connectivity index (χ1n) is 4.29. The van der Waals surface area contributed by atoms with Gasteiger partial charge >= 0.3 is 0 Å². The first kappa shape index (κ1) is 8.59. The summed E-state index contributed by atoms with van der Waals surface area (Å²) in [5.74, 6) is -0.444. The fourth-order valence-electron chi connectivity index (χ4n) is 1.37. The standard InChI is InChI=1S/C9H11FN2O/c10-9-2-1-7(5-12-9)8-6-13-4-3-11-8/h1-2,5,8,11H,3-4,6H2/t8-/m1/s1. The summed E-state index contributed by atoms with van der Waals surface area (Å²) in [6.07, 6.45) is 1.54. The van der Waals surface area contributed by atoms with Gasteiger partial charge in [-0.2, -0.15) is 4.39 Å². The minimum Gasteiger partial charge on any atom is -0.378 e. The molecule has 2 heterocycles. The zero-order chi connectivity index (χ0) is 9.10. The van der Waals surface area contributed by atoms with Crippen molar-refractivity contribution in [3.8, 4) is 0 Å². The van der Waals surface area contributed by atoms with E-state index in [1.165, 1.54) is 6.07 Å². The van der Waals surface area contributed by atoms with E-state index in [0.29, 0.717) is 6.61 Å². The molecule has 0 amide bonds. The molecule has 2 rings (SSSR count). The summed E-state index contributed by atoms with van der Waals surface area (Å²) in [6, 6.07) is 3.25. The molecule has 70 valence electrons. The predicted octanol–water partition coefficient (Wildman–Crippen LogP) is 0.882. The third kappa shape index (κ3) is 2.02. The molecule has 1 aliphatic rings. The van der Waals surface area contributed by atoms with E-state index >= 15 is 0 Å². The van der Waals surface area contributed by atoms with E-state index in [4.69, 9.17) is 4.74 Å². The zero-order valence-electron chi connectivity index (χ0n) is 7.16. The molecule has 0 aliphatic carbocycles. The van der Waals surface area contributed by atoms with Crippen molar-refractivity contribution in [2.24, 2.45) is 0 Å². The van der Waals surface area contributed by atoms with Gasteiger partial charge in [0.05, 0.1) is 19.3 Å². The van der Waals surface area contributed by atoms with Crippen LogP contribution in [0.3, 0.4) is 0 Å². The van der Waals surface area contributed by atoms with Crippen molar-refractivity contribution >= 4 is 0 Å². The van der Waals surface area contributed by atoms with Crippen molar-refractivity contribution in [1.29, 1.82) is 0 Å². The quantitative estimate of drug-likeness (QED) is 0.655. The second kappa shape index (κ2) is 3.81. The average Bonchev–Trinajstić information content (AvgIpc) is 2.20. The zero-order valence-corrected chi connectivity index (χ0v) is 7.16. The van der Waals surface area contributed by atoms with Crippen LogP contribution in [-0.2, 0) is 4.74 Å². The second-order valence-electron chi connectivity index (χ2n) is 3.00. The van der Waals surface area contributed by atoms with Gasteiger partial charge in [-0.25, -0.2) is 4.98 Å².